The molecule has 0 radical (unpaired) electrons. The minimum atomic E-state index is -0.199. The molecule has 1 N–H and O–H groups in total. The number of thioether (sulfide) groups is 1. The Morgan fingerprint density at radius 1 is 1.00 bits per heavy atom. The zero-order valence-corrected chi connectivity index (χ0v) is 16.2. The number of nitrogens with one attached hydrogen (secondary N) is 1. The van der Waals surface area contributed by atoms with Crippen LogP contribution in [0.3, 0.4) is 0 Å². The number of amides is 1. The summed E-state index contributed by atoms with van der Waals surface area (Å²) in [4.78, 5) is 16.9. The molecule has 0 saturated carbocycles. The Kier molecular flexibility index (Phi) is 5.47. The number of nitriles is 1. The lowest BCUT2D eigenvalue weighted by molar-refractivity contribution is -0.127. The summed E-state index contributed by atoms with van der Waals surface area (Å²) in [5.41, 5.74) is 3.13. The molecule has 0 bridgehead atoms. The maximum Gasteiger partial charge on any atom is 0.267 e. The van der Waals surface area contributed by atoms with Crippen LogP contribution in [0.4, 0.5) is 5.69 Å². The van der Waals surface area contributed by atoms with E-state index in [4.69, 9.17) is 0 Å². The zero-order chi connectivity index (χ0) is 19.3. The van der Waals surface area contributed by atoms with E-state index in [0.717, 1.165) is 30.0 Å². The third-order valence-electron chi connectivity index (χ3n) is 4.75. The number of nitrogens with zero attached hydrogens (tertiary/aromatic N) is 3. The van der Waals surface area contributed by atoms with E-state index < -0.39 is 0 Å². The van der Waals surface area contributed by atoms with Crippen molar-refractivity contribution in [3.05, 3.63) is 82.2 Å². The smallest absolute Gasteiger partial charge is 0.267 e. The van der Waals surface area contributed by atoms with Crippen LogP contribution < -0.4 is 10.2 Å². The van der Waals surface area contributed by atoms with Gasteiger partial charge in [-0.05, 0) is 17.7 Å². The van der Waals surface area contributed by atoms with Crippen LogP contribution in [0.1, 0.15) is 5.56 Å². The first-order valence-electron chi connectivity index (χ1n) is 9.21. The van der Waals surface area contributed by atoms with Gasteiger partial charge in [0.05, 0.1) is 5.70 Å². The predicted octanol–water partition coefficient (Wildman–Crippen LogP) is 3.41. The Morgan fingerprint density at radius 3 is 2.29 bits per heavy atom. The molecule has 1 fully saturated rings. The molecule has 4 rings (SSSR count). The molecule has 2 aliphatic rings. The van der Waals surface area contributed by atoms with Crippen LogP contribution in [0.5, 0.6) is 0 Å². The number of hydrogen-bond acceptors (Lipinski definition) is 5. The molecule has 0 atom stereocenters. The van der Waals surface area contributed by atoms with Crippen LogP contribution in [0.15, 0.2) is 76.7 Å². The molecule has 2 aliphatic heterocycles. The third kappa shape index (κ3) is 3.55. The number of para-hydroxylation sites is 1. The van der Waals surface area contributed by atoms with Crippen LogP contribution in [0.25, 0.3) is 5.70 Å². The van der Waals surface area contributed by atoms with Crippen molar-refractivity contribution in [3.8, 4) is 6.07 Å². The van der Waals surface area contributed by atoms with Crippen molar-refractivity contribution in [3.63, 3.8) is 0 Å². The fraction of sp³-hybridized carbons (Fsp3) is 0.182. The fourth-order valence-corrected chi connectivity index (χ4v) is 4.37. The van der Waals surface area contributed by atoms with Crippen LogP contribution in [-0.4, -0.2) is 37.0 Å². The average Bonchev–Trinajstić information content (AvgIpc) is 3.21. The Morgan fingerprint density at radius 2 is 1.64 bits per heavy atom. The van der Waals surface area contributed by atoms with Gasteiger partial charge in [-0.2, -0.15) is 5.26 Å². The van der Waals surface area contributed by atoms with Crippen LogP contribution in [0.2, 0.25) is 0 Å². The van der Waals surface area contributed by atoms with Crippen molar-refractivity contribution < 1.29 is 4.79 Å². The minimum Gasteiger partial charge on any atom is -0.335 e. The van der Waals surface area contributed by atoms with E-state index in [9.17, 15) is 10.1 Å². The number of anilines is 1. The number of carbonyl (C=O) groups is 1. The largest absolute Gasteiger partial charge is 0.335 e. The van der Waals surface area contributed by atoms with Gasteiger partial charge in [0.1, 0.15) is 16.7 Å². The standard InChI is InChI=1S/C22H20N4OS/c23-15-19(21(27)25-13-11-24-12-14-25)22-26(18-9-5-2-6-10-18)20(16-28-22)17-7-3-1-4-8-17/h1-10,16,24H,11-14H2/b22-19+. The van der Waals surface area contributed by atoms with Gasteiger partial charge in [-0.3, -0.25) is 4.79 Å². The van der Waals surface area contributed by atoms with Crippen molar-refractivity contribution in [2.45, 2.75) is 0 Å². The number of rotatable bonds is 3. The first kappa shape index (κ1) is 18.4. The summed E-state index contributed by atoms with van der Waals surface area (Å²) in [6, 6.07) is 22.1. The van der Waals surface area contributed by atoms with Gasteiger partial charge in [-0.25, -0.2) is 0 Å². The highest BCUT2D eigenvalue weighted by atomic mass is 32.2. The molecule has 2 aromatic carbocycles. The van der Waals surface area contributed by atoms with Crippen molar-refractivity contribution in [1.29, 1.82) is 5.26 Å². The number of carbonyl (C=O) groups excluding carboxylic acids is 1. The van der Waals surface area contributed by atoms with Crippen molar-refractivity contribution in [2.75, 3.05) is 31.1 Å². The molecule has 2 aromatic rings. The maximum absolute atomic E-state index is 13.1. The van der Waals surface area contributed by atoms with Crippen molar-refractivity contribution in [1.82, 2.24) is 10.2 Å². The monoisotopic (exact) mass is 388 g/mol. The van der Waals surface area contributed by atoms with Gasteiger partial charge < -0.3 is 15.1 Å². The molecular weight excluding hydrogens is 368 g/mol. The Labute approximate surface area is 168 Å². The molecule has 0 spiro atoms. The zero-order valence-electron chi connectivity index (χ0n) is 15.3. The molecule has 140 valence electrons. The van der Waals surface area contributed by atoms with Gasteiger partial charge in [0.25, 0.3) is 5.91 Å². The Bertz CT molecular complexity index is 957. The molecule has 0 aliphatic carbocycles. The van der Waals surface area contributed by atoms with Gasteiger partial charge >= 0.3 is 0 Å². The third-order valence-corrected chi connectivity index (χ3v) is 5.70. The van der Waals surface area contributed by atoms with Gasteiger partial charge in [0.15, 0.2) is 0 Å². The van der Waals surface area contributed by atoms with Crippen molar-refractivity contribution >= 4 is 29.1 Å². The van der Waals surface area contributed by atoms with Gasteiger partial charge in [-0.1, -0.05) is 60.3 Å². The van der Waals surface area contributed by atoms with Gasteiger partial charge in [-0.15, -0.1) is 0 Å². The SMILES string of the molecule is N#C/C(C(=O)N1CCNCC1)=C1\SC=C(c2ccccc2)N1c1ccccc1. The van der Waals surface area contributed by atoms with E-state index in [2.05, 4.69) is 11.4 Å². The first-order chi connectivity index (χ1) is 13.8. The summed E-state index contributed by atoms with van der Waals surface area (Å²) in [6.07, 6.45) is 0. The maximum atomic E-state index is 13.1. The summed E-state index contributed by atoms with van der Waals surface area (Å²) in [6.45, 7) is 2.74. The molecule has 0 unspecified atom stereocenters. The van der Waals surface area contributed by atoms with E-state index in [1.807, 2.05) is 71.0 Å². The van der Waals surface area contributed by atoms with E-state index >= 15 is 0 Å². The van der Waals surface area contributed by atoms with E-state index in [1.54, 1.807) is 4.90 Å². The Hall–Kier alpha value is -3.01. The topological polar surface area (TPSA) is 59.4 Å². The van der Waals surface area contributed by atoms with E-state index in [-0.39, 0.29) is 11.5 Å². The molecule has 1 amide bonds. The number of hydrogen-bond donors (Lipinski definition) is 1. The van der Waals surface area contributed by atoms with Crippen LogP contribution >= 0.6 is 11.8 Å². The number of benzene rings is 2. The molecule has 28 heavy (non-hydrogen) atoms. The summed E-state index contributed by atoms with van der Waals surface area (Å²) in [5.74, 6) is -0.199. The average molecular weight is 388 g/mol. The van der Waals surface area contributed by atoms with Gasteiger partial charge in [0, 0.05) is 37.3 Å². The quantitative estimate of drug-likeness (QED) is 0.645. The molecule has 1 saturated heterocycles. The summed E-state index contributed by atoms with van der Waals surface area (Å²) in [5, 5.41) is 15.8. The normalized spacial score (nSPS) is 18.5. The Balaban J connectivity index is 1.78. The van der Waals surface area contributed by atoms with Gasteiger partial charge in [0.2, 0.25) is 0 Å². The number of piperazine rings is 1. The molecular formula is C22H20N4OS. The van der Waals surface area contributed by atoms with E-state index in [1.165, 1.54) is 11.8 Å². The van der Waals surface area contributed by atoms with E-state index in [0.29, 0.717) is 18.1 Å². The highest BCUT2D eigenvalue weighted by Gasteiger charge is 2.31. The fourth-order valence-electron chi connectivity index (χ4n) is 3.35. The lowest BCUT2D eigenvalue weighted by Gasteiger charge is -2.29. The van der Waals surface area contributed by atoms with Crippen LogP contribution in [0, 0.1) is 11.3 Å². The second-order valence-electron chi connectivity index (χ2n) is 6.49. The first-order valence-corrected chi connectivity index (χ1v) is 10.1. The predicted molar refractivity (Wildman–Crippen MR) is 113 cm³/mol. The van der Waals surface area contributed by atoms with Crippen LogP contribution in [-0.2, 0) is 4.79 Å². The molecule has 2 heterocycles. The second kappa shape index (κ2) is 8.34. The second-order valence-corrected chi connectivity index (χ2v) is 7.35. The summed E-state index contributed by atoms with van der Waals surface area (Å²) < 4.78 is 0. The molecule has 0 aromatic heterocycles. The lowest BCUT2D eigenvalue weighted by Crippen LogP contribution is -2.47. The summed E-state index contributed by atoms with van der Waals surface area (Å²) >= 11 is 1.43. The molecule has 6 heteroatoms. The lowest BCUT2D eigenvalue weighted by atomic mass is 10.1. The highest BCUT2D eigenvalue weighted by Crippen LogP contribution is 2.44. The van der Waals surface area contributed by atoms with Crippen molar-refractivity contribution in [2.24, 2.45) is 0 Å². The molecule has 5 nitrogen and oxygen atoms in total. The summed E-state index contributed by atoms with van der Waals surface area (Å²) in [7, 11) is 0. The minimum absolute atomic E-state index is 0.193. The highest BCUT2D eigenvalue weighted by molar-refractivity contribution is 8.06.